The summed E-state index contributed by atoms with van der Waals surface area (Å²) in [6, 6.07) is 17.0. The van der Waals surface area contributed by atoms with Gasteiger partial charge in [0.2, 0.25) is 5.91 Å². The number of benzene rings is 2. The van der Waals surface area contributed by atoms with Crippen molar-refractivity contribution in [1.29, 1.82) is 0 Å². The molecule has 0 aromatic heterocycles. The number of hydrogen-bond donors (Lipinski definition) is 3. The molecule has 0 aliphatic heterocycles. The van der Waals surface area contributed by atoms with Gasteiger partial charge in [0.25, 0.3) is 5.91 Å². The normalized spacial score (nSPS) is 10.5. The summed E-state index contributed by atoms with van der Waals surface area (Å²) in [5.74, 6) is 0.117. The lowest BCUT2D eigenvalue weighted by atomic mass is 10.0. The van der Waals surface area contributed by atoms with E-state index >= 15 is 0 Å². The summed E-state index contributed by atoms with van der Waals surface area (Å²) in [5, 5.41) is 2.43. The molecule has 2 aromatic rings. The fourth-order valence-corrected chi connectivity index (χ4v) is 2.47. The Bertz CT molecular complexity index is 851. The van der Waals surface area contributed by atoms with Crippen LogP contribution in [0, 0.1) is 0 Å². The van der Waals surface area contributed by atoms with Crippen LogP contribution in [0.3, 0.4) is 0 Å². The van der Waals surface area contributed by atoms with Gasteiger partial charge in [-0.3, -0.25) is 25.8 Å². The maximum atomic E-state index is 11.9. The van der Waals surface area contributed by atoms with Gasteiger partial charge in [0.05, 0.1) is 0 Å². The minimum absolute atomic E-state index is 0.0151. The van der Waals surface area contributed by atoms with Crippen molar-refractivity contribution in [3.05, 3.63) is 71.8 Å². The largest absolute Gasteiger partial charge is 0.483 e. The van der Waals surface area contributed by atoms with E-state index in [9.17, 15) is 9.59 Å². The lowest BCUT2D eigenvalue weighted by molar-refractivity contribution is -0.123. The first-order valence-electron chi connectivity index (χ1n) is 8.80. The van der Waals surface area contributed by atoms with Gasteiger partial charge in [-0.15, -0.1) is 0 Å². The van der Waals surface area contributed by atoms with Gasteiger partial charge in [-0.25, -0.2) is 0 Å². The van der Waals surface area contributed by atoms with Crippen molar-refractivity contribution in [2.75, 3.05) is 6.61 Å². The molecule has 28 heavy (non-hydrogen) atoms. The first-order chi connectivity index (χ1) is 13.5. The summed E-state index contributed by atoms with van der Waals surface area (Å²) in [7, 11) is 0. The third kappa shape index (κ3) is 7.20. The SMILES string of the molecule is CC(C)c1ccccc1OCC(=O)NNC(=S)NC(=O)C=Cc1ccccc1. The zero-order chi connectivity index (χ0) is 20.4. The average Bonchev–Trinajstić information content (AvgIpc) is 2.70. The van der Waals surface area contributed by atoms with E-state index in [1.165, 1.54) is 6.08 Å². The number of nitrogens with one attached hydrogen (secondary N) is 3. The van der Waals surface area contributed by atoms with Gasteiger partial charge in [-0.2, -0.15) is 0 Å². The molecule has 0 spiro atoms. The number of carbonyl (C=O) groups is 2. The van der Waals surface area contributed by atoms with Crippen molar-refractivity contribution in [3.63, 3.8) is 0 Å². The fourth-order valence-electron chi connectivity index (χ4n) is 2.32. The maximum Gasteiger partial charge on any atom is 0.276 e. The van der Waals surface area contributed by atoms with Crippen molar-refractivity contribution in [1.82, 2.24) is 16.2 Å². The zero-order valence-electron chi connectivity index (χ0n) is 15.8. The number of ether oxygens (including phenoxy) is 1. The number of para-hydroxylation sites is 1. The molecule has 0 unspecified atom stereocenters. The molecule has 0 radical (unpaired) electrons. The summed E-state index contributed by atoms with van der Waals surface area (Å²) in [6.07, 6.45) is 3.02. The van der Waals surface area contributed by atoms with Gasteiger partial charge in [-0.1, -0.05) is 62.4 Å². The highest BCUT2D eigenvalue weighted by molar-refractivity contribution is 7.80. The zero-order valence-corrected chi connectivity index (χ0v) is 16.6. The number of amides is 2. The van der Waals surface area contributed by atoms with Gasteiger partial charge in [0, 0.05) is 6.08 Å². The quantitative estimate of drug-likeness (QED) is 0.397. The molecular formula is C21H23N3O3S. The van der Waals surface area contributed by atoms with Crippen LogP contribution in [0.1, 0.15) is 30.9 Å². The maximum absolute atomic E-state index is 11.9. The van der Waals surface area contributed by atoms with Gasteiger partial charge < -0.3 is 4.74 Å². The lowest BCUT2D eigenvalue weighted by Crippen LogP contribution is -2.49. The van der Waals surface area contributed by atoms with Crippen LogP contribution in [0.25, 0.3) is 6.08 Å². The molecule has 0 heterocycles. The highest BCUT2D eigenvalue weighted by atomic mass is 32.1. The Labute approximate surface area is 169 Å². The first-order valence-corrected chi connectivity index (χ1v) is 9.21. The fraction of sp³-hybridized carbons (Fsp3) is 0.190. The lowest BCUT2D eigenvalue weighted by Gasteiger charge is -2.14. The van der Waals surface area contributed by atoms with E-state index in [1.807, 2.05) is 54.6 Å². The average molecular weight is 398 g/mol. The molecule has 146 valence electrons. The van der Waals surface area contributed by atoms with E-state index in [0.29, 0.717) is 5.75 Å². The molecule has 6 nitrogen and oxygen atoms in total. The summed E-state index contributed by atoms with van der Waals surface area (Å²) in [4.78, 5) is 23.7. The van der Waals surface area contributed by atoms with E-state index in [1.54, 1.807) is 6.08 Å². The number of hydrazine groups is 1. The van der Waals surface area contributed by atoms with Crippen LogP contribution in [0.15, 0.2) is 60.7 Å². The van der Waals surface area contributed by atoms with Crippen molar-refractivity contribution in [2.24, 2.45) is 0 Å². The van der Waals surface area contributed by atoms with Crippen LogP contribution in [0.4, 0.5) is 0 Å². The monoisotopic (exact) mass is 397 g/mol. The van der Waals surface area contributed by atoms with Crippen molar-refractivity contribution in [3.8, 4) is 5.75 Å². The molecule has 0 saturated carbocycles. The minimum atomic E-state index is -0.421. The number of thiocarbonyl (C=S) groups is 1. The van der Waals surface area contributed by atoms with E-state index in [4.69, 9.17) is 17.0 Å². The Kier molecular flexibility index (Phi) is 8.17. The van der Waals surface area contributed by atoms with Crippen molar-refractivity contribution in [2.45, 2.75) is 19.8 Å². The van der Waals surface area contributed by atoms with Gasteiger partial charge in [0.1, 0.15) is 5.75 Å². The Morgan fingerprint density at radius 1 is 1.04 bits per heavy atom. The second kappa shape index (κ2) is 10.8. The molecule has 2 amide bonds. The van der Waals surface area contributed by atoms with E-state index in [-0.39, 0.29) is 17.6 Å². The third-order valence-corrected chi connectivity index (χ3v) is 3.88. The molecule has 3 N–H and O–H groups in total. The van der Waals surface area contributed by atoms with E-state index < -0.39 is 11.8 Å². The van der Waals surface area contributed by atoms with E-state index in [0.717, 1.165) is 11.1 Å². The van der Waals surface area contributed by atoms with Crippen LogP contribution >= 0.6 is 12.2 Å². The predicted molar refractivity (Wildman–Crippen MR) is 114 cm³/mol. The van der Waals surface area contributed by atoms with E-state index in [2.05, 4.69) is 30.0 Å². The molecule has 0 aliphatic rings. The van der Waals surface area contributed by atoms with Crippen molar-refractivity contribution >= 4 is 35.2 Å². The molecule has 2 aromatic carbocycles. The van der Waals surface area contributed by atoms with Crippen LogP contribution in [-0.4, -0.2) is 23.5 Å². The van der Waals surface area contributed by atoms with Crippen molar-refractivity contribution < 1.29 is 14.3 Å². The van der Waals surface area contributed by atoms with Gasteiger partial charge >= 0.3 is 0 Å². The molecule has 0 saturated heterocycles. The molecule has 0 aliphatic carbocycles. The Morgan fingerprint density at radius 2 is 1.71 bits per heavy atom. The Morgan fingerprint density at radius 3 is 2.43 bits per heavy atom. The standard InChI is InChI=1S/C21H23N3O3S/c1-15(2)17-10-6-7-11-18(17)27-14-20(26)23-24-21(28)22-19(25)13-12-16-8-4-3-5-9-16/h3-13,15H,14H2,1-2H3,(H,23,26)(H2,22,24,25,28). The number of hydrogen-bond acceptors (Lipinski definition) is 4. The minimum Gasteiger partial charge on any atom is -0.483 e. The number of carbonyl (C=O) groups excluding carboxylic acids is 2. The highest BCUT2D eigenvalue weighted by Gasteiger charge is 2.09. The predicted octanol–water partition coefficient (Wildman–Crippen LogP) is 2.92. The first kappa shape index (κ1) is 21.1. The van der Waals surface area contributed by atoms with Crippen LogP contribution in [0.5, 0.6) is 5.75 Å². The van der Waals surface area contributed by atoms with Gasteiger partial charge in [-0.05, 0) is 41.4 Å². The summed E-state index contributed by atoms with van der Waals surface area (Å²) < 4.78 is 5.57. The van der Waals surface area contributed by atoms with Crippen LogP contribution in [-0.2, 0) is 9.59 Å². The summed E-state index contributed by atoms with van der Waals surface area (Å²) >= 11 is 4.98. The second-order valence-electron chi connectivity index (χ2n) is 6.22. The molecule has 0 atom stereocenters. The topological polar surface area (TPSA) is 79.5 Å². The Hall–Kier alpha value is -3.19. The van der Waals surface area contributed by atoms with Crippen LogP contribution < -0.4 is 20.9 Å². The highest BCUT2D eigenvalue weighted by Crippen LogP contribution is 2.25. The molecule has 7 heteroatoms. The summed E-state index contributed by atoms with van der Waals surface area (Å²) in [6.45, 7) is 3.93. The van der Waals surface area contributed by atoms with Gasteiger partial charge in [0.15, 0.2) is 11.7 Å². The molecule has 0 fully saturated rings. The second-order valence-corrected chi connectivity index (χ2v) is 6.63. The summed E-state index contributed by atoms with van der Waals surface area (Å²) in [5.41, 5.74) is 6.77. The third-order valence-electron chi connectivity index (χ3n) is 3.68. The smallest absolute Gasteiger partial charge is 0.276 e. The van der Waals surface area contributed by atoms with Crippen LogP contribution in [0.2, 0.25) is 0 Å². The molecule has 0 bridgehead atoms. The molecule has 2 rings (SSSR count). The molecular weight excluding hydrogens is 374 g/mol. The Balaban J connectivity index is 1.73. The number of rotatable bonds is 6.